The van der Waals surface area contributed by atoms with Crippen molar-refractivity contribution in [3.8, 4) is 0 Å². The lowest BCUT2D eigenvalue weighted by Crippen LogP contribution is -2.00. The fourth-order valence-electron chi connectivity index (χ4n) is 0.658. The molecule has 0 spiro atoms. The Balaban J connectivity index is 2.52. The van der Waals surface area contributed by atoms with E-state index in [1.165, 1.54) is 11.8 Å². The van der Waals surface area contributed by atoms with E-state index in [9.17, 15) is 0 Å². The fourth-order valence-corrected chi connectivity index (χ4v) is 1.19. The second kappa shape index (κ2) is 4.47. The first-order valence-corrected chi connectivity index (χ1v) is 4.89. The molecule has 68 valence electrons. The first-order valence-electron chi connectivity index (χ1n) is 3.90. The summed E-state index contributed by atoms with van der Waals surface area (Å²) in [5.41, 5.74) is 5.33. The summed E-state index contributed by atoms with van der Waals surface area (Å²) < 4.78 is 5.33. The number of nitrogens with two attached hydrogens (primary N) is 1. The predicted octanol–water partition coefficient (Wildman–Crippen LogP) is 1.24. The van der Waals surface area contributed by atoms with Crippen LogP contribution in [-0.4, -0.2) is 22.5 Å². The van der Waals surface area contributed by atoms with Gasteiger partial charge in [0.2, 0.25) is 5.89 Å². The summed E-state index contributed by atoms with van der Waals surface area (Å²) in [7, 11) is 0. The van der Waals surface area contributed by atoms with E-state index in [1.807, 2.05) is 13.8 Å². The van der Waals surface area contributed by atoms with E-state index in [4.69, 9.17) is 10.2 Å². The Labute approximate surface area is 75.9 Å². The Morgan fingerprint density at radius 2 is 2.25 bits per heavy atom. The molecule has 0 saturated heterocycles. The number of nitrogens with zero attached hydrogens (tertiary/aromatic N) is 2. The van der Waals surface area contributed by atoms with Crippen molar-refractivity contribution in [2.45, 2.75) is 25.0 Å². The van der Waals surface area contributed by atoms with Gasteiger partial charge in [0.05, 0.1) is 0 Å². The van der Waals surface area contributed by atoms with Gasteiger partial charge in [-0.1, -0.05) is 25.6 Å². The molecule has 1 aromatic rings. The van der Waals surface area contributed by atoms with Gasteiger partial charge in [-0.05, 0) is 0 Å². The first kappa shape index (κ1) is 9.54. The minimum absolute atomic E-state index is 0.296. The molecule has 1 rings (SSSR count). The maximum atomic E-state index is 5.33. The van der Waals surface area contributed by atoms with Crippen LogP contribution in [0.5, 0.6) is 0 Å². The van der Waals surface area contributed by atoms with Gasteiger partial charge in [-0.2, -0.15) is 0 Å². The van der Waals surface area contributed by atoms with Gasteiger partial charge in [-0.15, -0.1) is 10.2 Å². The van der Waals surface area contributed by atoms with E-state index in [0.29, 0.717) is 23.6 Å². The van der Waals surface area contributed by atoms with Crippen molar-refractivity contribution in [1.82, 2.24) is 10.2 Å². The normalized spacial score (nSPS) is 11.0. The Kier molecular flexibility index (Phi) is 3.55. The molecule has 12 heavy (non-hydrogen) atoms. The molecule has 0 bridgehead atoms. The van der Waals surface area contributed by atoms with Gasteiger partial charge < -0.3 is 10.2 Å². The largest absolute Gasteiger partial charge is 0.416 e. The quantitative estimate of drug-likeness (QED) is 0.718. The van der Waals surface area contributed by atoms with E-state index in [1.54, 1.807) is 0 Å². The highest BCUT2D eigenvalue weighted by Gasteiger charge is 2.08. The third kappa shape index (κ3) is 2.49. The minimum Gasteiger partial charge on any atom is -0.416 e. The van der Waals surface area contributed by atoms with E-state index in [2.05, 4.69) is 10.2 Å². The Hall–Kier alpha value is -0.550. The summed E-state index contributed by atoms with van der Waals surface area (Å²) in [4.78, 5) is 0. The van der Waals surface area contributed by atoms with Crippen molar-refractivity contribution < 1.29 is 4.42 Å². The molecule has 5 heteroatoms. The monoisotopic (exact) mass is 187 g/mol. The zero-order valence-corrected chi connectivity index (χ0v) is 8.10. The molecule has 1 aromatic heterocycles. The molecule has 1 heterocycles. The van der Waals surface area contributed by atoms with Gasteiger partial charge in [-0.3, -0.25) is 0 Å². The van der Waals surface area contributed by atoms with Crippen LogP contribution < -0.4 is 5.73 Å². The van der Waals surface area contributed by atoms with Crippen molar-refractivity contribution in [2.24, 2.45) is 5.73 Å². The number of thioether (sulfide) groups is 1. The average molecular weight is 187 g/mol. The molecule has 0 aliphatic heterocycles. The lowest BCUT2D eigenvalue weighted by Gasteiger charge is -1.94. The average Bonchev–Trinajstić information content (AvgIpc) is 2.48. The Morgan fingerprint density at radius 1 is 1.50 bits per heavy atom. The van der Waals surface area contributed by atoms with Crippen LogP contribution in [0.4, 0.5) is 0 Å². The lowest BCUT2D eigenvalue weighted by molar-refractivity contribution is 0.398. The number of rotatable bonds is 4. The molecule has 0 saturated carbocycles. The van der Waals surface area contributed by atoms with Crippen LogP contribution >= 0.6 is 11.8 Å². The molecule has 0 amide bonds. The van der Waals surface area contributed by atoms with Gasteiger partial charge in [0.25, 0.3) is 5.22 Å². The molecule has 0 aromatic carbocycles. The van der Waals surface area contributed by atoms with Gasteiger partial charge in [0, 0.05) is 18.2 Å². The molecular formula is C7H13N3OS. The molecule has 0 fully saturated rings. The van der Waals surface area contributed by atoms with Crippen molar-refractivity contribution in [1.29, 1.82) is 0 Å². The van der Waals surface area contributed by atoms with Crippen LogP contribution in [0.1, 0.15) is 25.7 Å². The van der Waals surface area contributed by atoms with Gasteiger partial charge in [0.1, 0.15) is 0 Å². The summed E-state index contributed by atoms with van der Waals surface area (Å²) in [6, 6.07) is 0. The highest BCUT2D eigenvalue weighted by Crippen LogP contribution is 2.19. The summed E-state index contributed by atoms with van der Waals surface area (Å²) >= 11 is 1.49. The molecule has 0 aliphatic carbocycles. The molecule has 0 unspecified atom stereocenters. The highest BCUT2D eigenvalue weighted by atomic mass is 32.2. The molecular weight excluding hydrogens is 174 g/mol. The van der Waals surface area contributed by atoms with Crippen molar-refractivity contribution in [3.05, 3.63) is 5.89 Å². The zero-order chi connectivity index (χ0) is 8.97. The number of hydrogen-bond acceptors (Lipinski definition) is 5. The van der Waals surface area contributed by atoms with Crippen LogP contribution in [0.25, 0.3) is 0 Å². The van der Waals surface area contributed by atoms with E-state index >= 15 is 0 Å². The van der Waals surface area contributed by atoms with Crippen LogP contribution in [-0.2, 0) is 0 Å². The van der Waals surface area contributed by atoms with Gasteiger partial charge >= 0.3 is 0 Å². The first-order chi connectivity index (χ1) is 5.74. The van der Waals surface area contributed by atoms with Crippen molar-refractivity contribution in [3.63, 3.8) is 0 Å². The molecule has 0 aliphatic rings. The molecule has 0 radical (unpaired) electrons. The smallest absolute Gasteiger partial charge is 0.276 e. The topological polar surface area (TPSA) is 64.9 Å². The SMILES string of the molecule is CC(C)c1nnc(SCCN)o1. The number of hydrogen-bond donors (Lipinski definition) is 1. The minimum atomic E-state index is 0.296. The summed E-state index contributed by atoms with van der Waals surface area (Å²) in [6.07, 6.45) is 0. The zero-order valence-electron chi connectivity index (χ0n) is 7.28. The standard InChI is InChI=1S/C7H13N3OS/c1-5(2)6-9-10-7(11-6)12-4-3-8/h5H,3-4,8H2,1-2H3. The van der Waals surface area contributed by atoms with E-state index < -0.39 is 0 Å². The van der Waals surface area contributed by atoms with Gasteiger partial charge in [-0.25, -0.2) is 0 Å². The van der Waals surface area contributed by atoms with E-state index in [0.717, 1.165) is 5.75 Å². The molecule has 2 N–H and O–H groups in total. The molecule has 0 atom stereocenters. The Bertz CT molecular complexity index is 236. The maximum absolute atomic E-state index is 5.33. The predicted molar refractivity (Wildman–Crippen MR) is 48.2 cm³/mol. The van der Waals surface area contributed by atoms with Crippen LogP contribution in [0.15, 0.2) is 9.64 Å². The maximum Gasteiger partial charge on any atom is 0.276 e. The summed E-state index contributed by atoms with van der Waals surface area (Å²) in [5.74, 6) is 1.80. The number of aromatic nitrogens is 2. The lowest BCUT2D eigenvalue weighted by atomic mass is 10.2. The third-order valence-electron chi connectivity index (χ3n) is 1.26. The van der Waals surface area contributed by atoms with Crippen molar-refractivity contribution in [2.75, 3.05) is 12.3 Å². The second-order valence-corrected chi connectivity index (χ2v) is 3.74. The van der Waals surface area contributed by atoms with Crippen LogP contribution in [0.3, 0.4) is 0 Å². The molecule has 4 nitrogen and oxygen atoms in total. The third-order valence-corrected chi connectivity index (χ3v) is 2.11. The highest BCUT2D eigenvalue weighted by molar-refractivity contribution is 7.99. The van der Waals surface area contributed by atoms with Crippen LogP contribution in [0.2, 0.25) is 0 Å². The Morgan fingerprint density at radius 3 is 2.75 bits per heavy atom. The second-order valence-electron chi connectivity index (χ2n) is 2.70. The summed E-state index contributed by atoms with van der Waals surface area (Å²) in [6.45, 7) is 4.67. The van der Waals surface area contributed by atoms with Crippen LogP contribution in [0, 0.1) is 0 Å². The van der Waals surface area contributed by atoms with Crippen molar-refractivity contribution >= 4 is 11.8 Å². The van der Waals surface area contributed by atoms with E-state index in [-0.39, 0.29) is 0 Å². The summed E-state index contributed by atoms with van der Waals surface area (Å²) in [5, 5.41) is 8.37. The van der Waals surface area contributed by atoms with Gasteiger partial charge in [0.15, 0.2) is 0 Å². The fraction of sp³-hybridized carbons (Fsp3) is 0.714.